The molecule has 172 valence electrons. The molecule has 3 heterocycles. The molecule has 1 aliphatic heterocycles. The summed E-state index contributed by atoms with van der Waals surface area (Å²) in [5.41, 5.74) is 2.60. The summed E-state index contributed by atoms with van der Waals surface area (Å²) in [6, 6.07) is 23.2. The zero-order chi connectivity index (χ0) is 23.2. The molecule has 2 aromatic carbocycles. The predicted molar refractivity (Wildman–Crippen MR) is 133 cm³/mol. The minimum atomic E-state index is -0.0282. The summed E-state index contributed by atoms with van der Waals surface area (Å²) < 4.78 is 7.95. The Kier molecular flexibility index (Phi) is 6.97. The van der Waals surface area contributed by atoms with E-state index < -0.39 is 0 Å². The molecule has 1 aliphatic rings. The number of carbonyl (C=O) groups is 1. The maximum Gasteiger partial charge on any atom is 0.242 e. The van der Waals surface area contributed by atoms with Crippen LogP contribution in [0.15, 0.2) is 90.3 Å². The van der Waals surface area contributed by atoms with E-state index in [0.717, 1.165) is 42.2 Å². The molecule has 0 radical (unpaired) electrons. The van der Waals surface area contributed by atoms with Gasteiger partial charge in [0, 0.05) is 35.9 Å². The molecule has 0 bridgehead atoms. The van der Waals surface area contributed by atoms with E-state index in [2.05, 4.69) is 19.7 Å². The summed E-state index contributed by atoms with van der Waals surface area (Å²) in [5.74, 6) is 0.958. The molecule has 1 saturated heterocycles. The Bertz CT molecular complexity index is 1170. The Morgan fingerprint density at radius 1 is 0.971 bits per heavy atom. The van der Waals surface area contributed by atoms with Gasteiger partial charge in [0.1, 0.15) is 0 Å². The van der Waals surface area contributed by atoms with Crippen molar-refractivity contribution in [2.24, 2.45) is 0 Å². The fourth-order valence-corrected chi connectivity index (χ4v) is 4.85. The third kappa shape index (κ3) is 5.03. The highest BCUT2D eigenvalue weighted by Crippen LogP contribution is 2.29. The first-order chi connectivity index (χ1) is 16.8. The average molecular weight is 472 g/mol. The third-order valence-corrected chi connectivity index (χ3v) is 6.62. The van der Waals surface area contributed by atoms with Crippen LogP contribution in [0.25, 0.3) is 11.4 Å². The molecule has 1 fully saturated rings. The second kappa shape index (κ2) is 10.6. The molecule has 1 amide bonds. The summed E-state index contributed by atoms with van der Waals surface area (Å²) in [5, 5.41) is 9.60. The second-order valence-electron chi connectivity index (χ2n) is 7.98. The molecule has 5 rings (SSSR count). The van der Waals surface area contributed by atoms with Crippen LogP contribution in [0.4, 0.5) is 11.4 Å². The largest absolute Gasteiger partial charge is 0.376 e. The van der Waals surface area contributed by atoms with Crippen molar-refractivity contribution in [1.82, 2.24) is 19.7 Å². The van der Waals surface area contributed by atoms with Gasteiger partial charge in [0.15, 0.2) is 11.0 Å². The minimum Gasteiger partial charge on any atom is -0.376 e. The van der Waals surface area contributed by atoms with E-state index in [1.165, 1.54) is 11.8 Å². The van der Waals surface area contributed by atoms with Crippen molar-refractivity contribution in [2.45, 2.75) is 30.6 Å². The normalized spacial score (nSPS) is 15.4. The van der Waals surface area contributed by atoms with Crippen LogP contribution in [0.3, 0.4) is 0 Å². The van der Waals surface area contributed by atoms with Gasteiger partial charge in [-0.2, -0.15) is 0 Å². The molecule has 0 spiro atoms. The summed E-state index contributed by atoms with van der Waals surface area (Å²) >= 11 is 1.40. The molecule has 0 saturated carbocycles. The van der Waals surface area contributed by atoms with E-state index >= 15 is 0 Å². The number of rotatable bonds is 8. The Morgan fingerprint density at radius 3 is 2.26 bits per heavy atom. The lowest BCUT2D eigenvalue weighted by Crippen LogP contribution is -2.27. The number of carbonyl (C=O) groups excluding carboxylic acids is 1. The number of hydrogen-bond acceptors (Lipinski definition) is 6. The van der Waals surface area contributed by atoms with Gasteiger partial charge in [0.05, 0.1) is 18.4 Å². The molecule has 4 aromatic rings. The van der Waals surface area contributed by atoms with Gasteiger partial charge in [0.25, 0.3) is 0 Å². The molecule has 1 atom stereocenters. The van der Waals surface area contributed by atoms with Crippen LogP contribution in [0, 0.1) is 0 Å². The Balaban J connectivity index is 1.40. The number of benzene rings is 2. The van der Waals surface area contributed by atoms with Crippen LogP contribution in [-0.2, 0) is 16.1 Å². The fraction of sp³-hybridized carbons (Fsp3) is 0.231. The summed E-state index contributed by atoms with van der Waals surface area (Å²) in [7, 11) is 0. The second-order valence-corrected chi connectivity index (χ2v) is 8.92. The number of anilines is 2. The third-order valence-electron chi connectivity index (χ3n) is 5.67. The first-order valence-corrected chi connectivity index (χ1v) is 12.3. The van der Waals surface area contributed by atoms with Gasteiger partial charge in [-0.25, -0.2) is 0 Å². The standard InChI is InChI=1S/C26H25N5O2S/c32-24(31(21-8-3-1-4-9-21)22-10-5-2-6-11-22)19-34-26-29-28-25(20-13-15-27-16-14-20)30(26)18-23-12-7-17-33-23/h1-6,8-11,13-16,23H,7,12,17-19H2/t23-/m1/s1. The Hall–Kier alpha value is -3.49. The Morgan fingerprint density at radius 2 is 1.65 bits per heavy atom. The SMILES string of the molecule is O=C(CSc1nnc(-c2ccncc2)n1C[C@H]1CCCO1)N(c1ccccc1)c1ccccc1. The molecule has 0 N–H and O–H groups in total. The van der Waals surface area contributed by atoms with E-state index in [4.69, 9.17) is 4.74 Å². The number of hydrogen-bond donors (Lipinski definition) is 0. The van der Waals surface area contributed by atoms with Crippen LogP contribution >= 0.6 is 11.8 Å². The number of aromatic nitrogens is 4. The van der Waals surface area contributed by atoms with Crippen molar-refractivity contribution in [1.29, 1.82) is 0 Å². The van der Waals surface area contributed by atoms with Gasteiger partial charge in [-0.3, -0.25) is 19.2 Å². The highest BCUT2D eigenvalue weighted by molar-refractivity contribution is 7.99. The zero-order valence-electron chi connectivity index (χ0n) is 18.7. The topological polar surface area (TPSA) is 73.1 Å². The first-order valence-electron chi connectivity index (χ1n) is 11.3. The van der Waals surface area contributed by atoms with Crippen molar-refractivity contribution >= 4 is 29.0 Å². The molecule has 0 aliphatic carbocycles. The monoisotopic (exact) mass is 471 g/mol. The van der Waals surface area contributed by atoms with E-state index in [0.29, 0.717) is 11.7 Å². The zero-order valence-corrected chi connectivity index (χ0v) is 19.5. The Labute approximate surface area is 202 Å². The highest BCUT2D eigenvalue weighted by Gasteiger charge is 2.24. The molecule has 2 aromatic heterocycles. The fourth-order valence-electron chi connectivity index (χ4n) is 4.05. The molecular weight excluding hydrogens is 446 g/mol. The number of nitrogens with zero attached hydrogens (tertiary/aromatic N) is 5. The minimum absolute atomic E-state index is 0.0282. The lowest BCUT2D eigenvalue weighted by molar-refractivity contribution is -0.115. The van der Waals surface area contributed by atoms with Gasteiger partial charge in [0.2, 0.25) is 5.91 Å². The highest BCUT2D eigenvalue weighted by atomic mass is 32.2. The number of ether oxygens (including phenoxy) is 1. The number of thioether (sulfide) groups is 1. The molecular formula is C26H25N5O2S. The molecule has 7 nitrogen and oxygen atoms in total. The van der Waals surface area contributed by atoms with Crippen molar-refractivity contribution in [2.75, 3.05) is 17.3 Å². The maximum atomic E-state index is 13.5. The van der Waals surface area contributed by atoms with Gasteiger partial charge in [-0.15, -0.1) is 10.2 Å². The lowest BCUT2D eigenvalue weighted by Gasteiger charge is -2.23. The van der Waals surface area contributed by atoms with Crippen LogP contribution in [0.2, 0.25) is 0 Å². The number of para-hydroxylation sites is 2. The number of pyridine rings is 1. The van der Waals surface area contributed by atoms with Gasteiger partial charge in [-0.1, -0.05) is 48.2 Å². The lowest BCUT2D eigenvalue weighted by atomic mass is 10.2. The van der Waals surface area contributed by atoms with E-state index in [9.17, 15) is 4.79 Å². The quantitative estimate of drug-likeness (QED) is 0.338. The first kappa shape index (κ1) is 22.3. The van der Waals surface area contributed by atoms with Crippen molar-refractivity contribution in [3.05, 3.63) is 85.2 Å². The van der Waals surface area contributed by atoms with Gasteiger partial charge >= 0.3 is 0 Å². The summed E-state index contributed by atoms with van der Waals surface area (Å²) in [6.45, 7) is 1.43. The van der Waals surface area contributed by atoms with Crippen molar-refractivity contribution in [3.8, 4) is 11.4 Å². The van der Waals surface area contributed by atoms with Crippen LogP contribution in [0.5, 0.6) is 0 Å². The van der Waals surface area contributed by atoms with Crippen molar-refractivity contribution in [3.63, 3.8) is 0 Å². The van der Waals surface area contributed by atoms with Gasteiger partial charge in [-0.05, 0) is 49.2 Å². The maximum absolute atomic E-state index is 13.5. The molecule has 8 heteroatoms. The number of amides is 1. The van der Waals surface area contributed by atoms with E-state index in [-0.39, 0.29) is 17.8 Å². The van der Waals surface area contributed by atoms with Crippen LogP contribution in [0.1, 0.15) is 12.8 Å². The van der Waals surface area contributed by atoms with Crippen molar-refractivity contribution < 1.29 is 9.53 Å². The summed E-state index contributed by atoms with van der Waals surface area (Å²) in [4.78, 5) is 19.3. The molecule has 34 heavy (non-hydrogen) atoms. The summed E-state index contributed by atoms with van der Waals surface area (Å²) in [6.07, 6.45) is 5.67. The van der Waals surface area contributed by atoms with E-state index in [1.807, 2.05) is 72.8 Å². The predicted octanol–water partition coefficient (Wildman–Crippen LogP) is 4.98. The molecule has 0 unspecified atom stereocenters. The average Bonchev–Trinajstić information content (AvgIpc) is 3.55. The van der Waals surface area contributed by atoms with Crippen LogP contribution in [-0.4, -0.2) is 44.1 Å². The smallest absolute Gasteiger partial charge is 0.242 e. The van der Waals surface area contributed by atoms with Gasteiger partial charge < -0.3 is 4.74 Å². The van der Waals surface area contributed by atoms with Crippen LogP contribution < -0.4 is 4.90 Å². The van der Waals surface area contributed by atoms with E-state index in [1.54, 1.807) is 17.3 Å².